The van der Waals surface area contributed by atoms with E-state index in [0.29, 0.717) is 0 Å². The second-order valence-corrected chi connectivity index (χ2v) is 2.37. The number of rotatable bonds is 3. The highest BCUT2D eigenvalue weighted by Crippen LogP contribution is 2.15. The van der Waals surface area contributed by atoms with Gasteiger partial charge in [-0.25, -0.2) is 9.87 Å². The smallest absolute Gasteiger partial charge is 0.272 e. The summed E-state index contributed by atoms with van der Waals surface area (Å²) in [5.41, 5.74) is 1.63. The minimum Gasteiger partial charge on any atom is -0.316 e. The number of halogens is 1. The number of non-ortho nitro benzene ring substituents is 1. The second-order valence-electron chi connectivity index (χ2n) is 2.37. The van der Waals surface area contributed by atoms with E-state index in [9.17, 15) is 14.5 Å². The van der Waals surface area contributed by atoms with Crippen LogP contribution in [0, 0.1) is 15.9 Å². The van der Waals surface area contributed by atoms with E-state index in [-0.39, 0.29) is 17.8 Å². The third-order valence-electron chi connectivity index (χ3n) is 1.52. The molecule has 0 spiro atoms. The number of nitro groups is 1. The fourth-order valence-electron chi connectivity index (χ4n) is 0.878. The highest BCUT2D eigenvalue weighted by molar-refractivity contribution is 5.34. The van der Waals surface area contributed by atoms with Crippen molar-refractivity contribution in [3.8, 4) is 0 Å². The summed E-state index contributed by atoms with van der Waals surface area (Å²) in [5.74, 6) is -0.712. The summed E-state index contributed by atoms with van der Waals surface area (Å²) >= 11 is 0. The van der Waals surface area contributed by atoms with Gasteiger partial charge in [0.25, 0.3) is 5.69 Å². The van der Waals surface area contributed by atoms with Crippen LogP contribution in [-0.2, 0) is 6.54 Å². The third-order valence-corrected chi connectivity index (χ3v) is 1.52. The SMILES string of the molecule is O=[N+]([O-])c1ccc(CNO)c(F)c1. The van der Waals surface area contributed by atoms with Gasteiger partial charge in [0.1, 0.15) is 5.82 Å². The standard InChI is InChI=1S/C7H7FN2O3/c8-7-3-6(10(12)13)2-1-5(7)4-9-11/h1-3,9,11H,4H2. The van der Waals surface area contributed by atoms with Gasteiger partial charge < -0.3 is 5.21 Å². The van der Waals surface area contributed by atoms with Crippen molar-refractivity contribution >= 4 is 5.69 Å². The lowest BCUT2D eigenvalue weighted by Crippen LogP contribution is -2.07. The molecule has 0 atom stereocenters. The predicted octanol–water partition coefficient (Wildman–Crippen LogP) is 1.21. The lowest BCUT2D eigenvalue weighted by molar-refractivity contribution is -0.385. The maximum absolute atomic E-state index is 12.9. The average molecular weight is 186 g/mol. The van der Waals surface area contributed by atoms with Gasteiger partial charge in [0.15, 0.2) is 0 Å². The van der Waals surface area contributed by atoms with Crippen molar-refractivity contribution in [2.45, 2.75) is 6.54 Å². The zero-order chi connectivity index (χ0) is 9.84. The molecule has 0 saturated carbocycles. The normalized spacial score (nSPS) is 10.0. The predicted molar refractivity (Wildman–Crippen MR) is 41.7 cm³/mol. The molecule has 5 nitrogen and oxygen atoms in total. The van der Waals surface area contributed by atoms with Crippen LogP contribution in [0.5, 0.6) is 0 Å². The van der Waals surface area contributed by atoms with Gasteiger partial charge in [0.2, 0.25) is 0 Å². The van der Waals surface area contributed by atoms with Crippen molar-refractivity contribution in [3.63, 3.8) is 0 Å². The van der Waals surface area contributed by atoms with Crippen LogP contribution in [0.3, 0.4) is 0 Å². The molecule has 1 aromatic rings. The molecular weight excluding hydrogens is 179 g/mol. The Bertz CT molecular complexity index is 330. The van der Waals surface area contributed by atoms with E-state index >= 15 is 0 Å². The lowest BCUT2D eigenvalue weighted by atomic mass is 10.2. The van der Waals surface area contributed by atoms with Gasteiger partial charge in [-0.05, 0) is 6.07 Å². The van der Waals surface area contributed by atoms with Crippen LogP contribution in [0.1, 0.15) is 5.56 Å². The van der Waals surface area contributed by atoms with Crippen LogP contribution in [0.15, 0.2) is 18.2 Å². The maximum Gasteiger partial charge on any atom is 0.272 e. The molecule has 70 valence electrons. The number of hydroxylamine groups is 1. The molecule has 1 rings (SSSR count). The number of hydrogen-bond acceptors (Lipinski definition) is 4. The monoisotopic (exact) mass is 186 g/mol. The van der Waals surface area contributed by atoms with Gasteiger partial charge in [0, 0.05) is 18.2 Å². The van der Waals surface area contributed by atoms with E-state index in [4.69, 9.17) is 5.21 Å². The number of nitrogens with zero attached hydrogens (tertiary/aromatic N) is 1. The Morgan fingerprint density at radius 1 is 1.62 bits per heavy atom. The van der Waals surface area contributed by atoms with Crippen molar-refractivity contribution in [1.29, 1.82) is 0 Å². The first-order chi connectivity index (χ1) is 6.15. The van der Waals surface area contributed by atoms with E-state index in [1.165, 1.54) is 12.1 Å². The number of nitrogens with one attached hydrogen (secondary N) is 1. The zero-order valence-electron chi connectivity index (χ0n) is 6.53. The fourth-order valence-corrected chi connectivity index (χ4v) is 0.878. The van der Waals surface area contributed by atoms with E-state index in [2.05, 4.69) is 0 Å². The highest BCUT2D eigenvalue weighted by Gasteiger charge is 2.09. The Kier molecular flexibility index (Phi) is 2.88. The molecule has 0 heterocycles. The van der Waals surface area contributed by atoms with Crippen LogP contribution in [0.4, 0.5) is 10.1 Å². The molecule has 0 aliphatic carbocycles. The molecule has 6 heteroatoms. The van der Waals surface area contributed by atoms with Crippen LogP contribution < -0.4 is 5.48 Å². The maximum atomic E-state index is 12.9. The Balaban J connectivity index is 2.98. The van der Waals surface area contributed by atoms with Crippen molar-refractivity contribution < 1.29 is 14.5 Å². The molecule has 2 N–H and O–H groups in total. The fraction of sp³-hybridized carbons (Fsp3) is 0.143. The van der Waals surface area contributed by atoms with E-state index in [1.54, 1.807) is 5.48 Å². The van der Waals surface area contributed by atoms with Crippen molar-refractivity contribution in [3.05, 3.63) is 39.7 Å². The molecule has 0 radical (unpaired) electrons. The van der Waals surface area contributed by atoms with Gasteiger partial charge in [-0.15, -0.1) is 0 Å². The Morgan fingerprint density at radius 2 is 2.31 bits per heavy atom. The summed E-state index contributed by atoms with van der Waals surface area (Å²) in [6.07, 6.45) is 0. The number of benzene rings is 1. The van der Waals surface area contributed by atoms with Crippen molar-refractivity contribution in [2.75, 3.05) is 0 Å². The first-order valence-electron chi connectivity index (χ1n) is 3.45. The second kappa shape index (κ2) is 3.92. The summed E-state index contributed by atoms with van der Waals surface area (Å²) in [4.78, 5) is 9.51. The molecule has 0 bridgehead atoms. The Hall–Kier alpha value is -1.53. The summed E-state index contributed by atoms with van der Waals surface area (Å²) in [6, 6.07) is 3.24. The number of nitro benzene ring substituents is 1. The third kappa shape index (κ3) is 2.20. The van der Waals surface area contributed by atoms with Gasteiger partial charge in [-0.1, -0.05) is 0 Å². The topological polar surface area (TPSA) is 75.4 Å². The van der Waals surface area contributed by atoms with E-state index < -0.39 is 10.7 Å². The van der Waals surface area contributed by atoms with Gasteiger partial charge in [-0.2, -0.15) is 0 Å². The van der Waals surface area contributed by atoms with Crippen LogP contribution in [0.25, 0.3) is 0 Å². The van der Waals surface area contributed by atoms with Crippen LogP contribution >= 0.6 is 0 Å². The summed E-state index contributed by atoms with van der Waals surface area (Å²) in [6.45, 7) is -0.0795. The molecule has 0 aromatic heterocycles. The largest absolute Gasteiger partial charge is 0.316 e. The minimum atomic E-state index is -0.712. The molecule has 1 aromatic carbocycles. The molecule has 0 aliphatic heterocycles. The van der Waals surface area contributed by atoms with Gasteiger partial charge in [-0.3, -0.25) is 10.1 Å². The van der Waals surface area contributed by atoms with E-state index in [1.807, 2.05) is 0 Å². The molecule has 0 fully saturated rings. The zero-order valence-corrected chi connectivity index (χ0v) is 6.53. The Labute approximate surface area is 72.9 Å². The first-order valence-corrected chi connectivity index (χ1v) is 3.45. The lowest BCUT2D eigenvalue weighted by Gasteiger charge is -2.00. The summed E-state index contributed by atoms with van der Waals surface area (Å²) in [7, 11) is 0. The molecule has 0 amide bonds. The van der Waals surface area contributed by atoms with Crippen LogP contribution in [0.2, 0.25) is 0 Å². The van der Waals surface area contributed by atoms with Crippen molar-refractivity contribution in [2.24, 2.45) is 0 Å². The molecule has 0 aliphatic rings. The van der Waals surface area contributed by atoms with Gasteiger partial charge in [0.05, 0.1) is 11.0 Å². The molecule has 0 saturated heterocycles. The quantitative estimate of drug-likeness (QED) is 0.549. The summed E-state index contributed by atoms with van der Waals surface area (Å²) < 4.78 is 12.9. The molecule has 13 heavy (non-hydrogen) atoms. The van der Waals surface area contributed by atoms with Crippen molar-refractivity contribution in [1.82, 2.24) is 5.48 Å². The Morgan fingerprint density at radius 3 is 2.77 bits per heavy atom. The molecule has 0 unspecified atom stereocenters. The average Bonchev–Trinajstić information content (AvgIpc) is 2.08. The van der Waals surface area contributed by atoms with Gasteiger partial charge >= 0.3 is 0 Å². The summed E-state index contributed by atoms with van der Waals surface area (Å²) in [5, 5.41) is 18.5. The minimum absolute atomic E-state index is 0.0795. The first kappa shape index (κ1) is 9.56. The number of hydrogen-bond donors (Lipinski definition) is 2. The highest BCUT2D eigenvalue weighted by atomic mass is 19.1. The molecular formula is C7H7FN2O3. The van der Waals surface area contributed by atoms with Crippen LogP contribution in [-0.4, -0.2) is 10.1 Å². The van der Waals surface area contributed by atoms with E-state index in [0.717, 1.165) is 6.07 Å².